The third kappa shape index (κ3) is 5.30. The molecular weight excluding hydrogens is 358 g/mol. The third-order valence-electron chi connectivity index (χ3n) is 5.24. The Kier molecular flexibility index (Phi) is 6.85. The maximum Gasteiger partial charge on any atom is 0.253 e. The minimum absolute atomic E-state index is 0.0826. The van der Waals surface area contributed by atoms with Gasteiger partial charge in [0.2, 0.25) is 0 Å². The van der Waals surface area contributed by atoms with Crippen LogP contribution in [0.5, 0.6) is 0 Å². The highest BCUT2D eigenvalue weighted by Gasteiger charge is 2.18. The van der Waals surface area contributed by atoms with Crippen molar-refractivity contribution in [3.63, 3.8) is 0 Å². The summed E-state index contributed by atoms with van der Waals surface area (Å²) in [5.41, 5.74) is 2.62. The number of thiocarbonyl (C=S) groups is 1. The molecule has 6 heteroatoms. The monoisotopic (exact) mass is 387 g/mol. The zero-order valence-corrected chi connectivity index (χ0v) is 16.8. The van der Waals surface area contributed by atoms with Crippen LogP contribution >= 0.6 is 12.2 Å². The van der Waals surface area contributed by atoms with E-state index in [9.17, 15) is 9.90 Å². The number of H-pyrrole nitrogens is 1. The van der Waals surface area contributed by atoms with Gasteiger partial charge in [-0.15, -0.1) is 0 Å². The summed E-state index contributed by atoms with van der Waals surface area (Å²) >= 11 is 5.65. The van der Waals surface area contributed by atoms with E-state index in [0.29, 0.717) is 36.2 Å². The van der Waals surface area contributed by atoms with Crippen LogP contribution in [0.1, 0.15) is 49.7 Å². The smallest absolute Gasteiger partial charge is 0.253 e. The Morgan fingerprint density at radius 1 is 1.30 bits per heavy atom. The summed E-state index contributed by atoms with van der Waals surface area (Å²) in [6, 6.07) is 8.38. The summed E-state index contributed by atoms with van der Waals surface area (Å²) in [4.78, 5) is 17.5. The Morgan fingerprint density at radius 3 is 2.81 bits per heavy atom. The standard InChI is InChI=1S/C21H29N3O2S/c1-15-8-9-19-16(12-15)13-17(20(26)23-19)14-24(10-5-11-25)21(27)22-18-6-3-2-4-7-18/h8-9,12-13,18,25H,2-7,10-11,14H2,1H3,(H,22,27)(H,23,26). The van der Waals surface area contributed by atoms with Crippen LogP contribution in [0.25, 0.3) is 10.9 Å². The van der Waals surface area contributed by atoms with Crippen LogP contribution in [-0.4, -0.2) is 39.3 Å². The second kappa shape index (κ2) is 9.33. The van der Waals surface area contributed by atoms with Gasteiger partial charge in [0.15, 0.2) is 5.11 Å². The van der Waals surface area contributed by atoms with Crippen molar-refractivity contribution in [2.75, 3.05) is 13.2 Å². The average Bonchev–Trinajstić information content (AvgIpc) is 2.66. The Morgan fingerprint density at radius 2 is 2.07 bits per heavy atom. The minimum atomic E-state index is -0.0826. The lowest BCUT2D eigenvalue weighted by molar-refractivity contribution is 0.262. The molecule has 1 fully saturated rings. The first-order valence-corrected chi connectivity index (χ1v) is 10.3. The van der Waals surface area contributed by atoms with Crippen LogP contribution in [0.4, 0.5) is 0 Å². The van der Waals surface area contributed by atoms with Gasteiger partial charge in [-0.25, -0.2) is 0 Å². The lowest BCUT2D eigenvalue weighted by Gasteiger charge is -2.30. The Hall–Kier alpha value is -1.92. The number of pyridine rings is 1. The first-order valence-electron chi connectivity index (χ1n) is 9.85. The summed E-state index contributed by atoms with van der Waals surface area (Å²) in [7, 11) is 0. The van der Waals surface area contributed by atoms with E-state index in [1.807, 2.05) is 30.0 Å². The van der Waals surface area contributed by atoms with E-state index in [0.717, 1.165) is 29.3 Å². The largest absolute Gasteiger partial charge is 0.396 e. The van der Waals surface area contributed by atoms with E-state index in [1.165, 1.54) is 19.3 Å². The number of aryl methyl sites for hydroxylation is 1. The quantitative estimate of drug-likeness (QED) is 0.664. The fraction of sp³-hybridized carbons (Fsp3) is 0.524. The molecule has 1 aromatic heterocycles. The number of hydrogen-bond donors (Lipinski definition) is 3. The molecule has 2 aromatic rings. The Bertz CT molecular complexity index is 843. The number of aliphatic hydroxyl groups excluding tert-OH is 1. The van der Waals surface area contributed by atoms with Crippen molar-refractivity contribution < 1.29 is 5.11 Å². The molecule has 1 saturated carbocycles. The SMILES string of the molecule is Cc1ccc2[nH]c(=O)c(CN(CCCO)C(=S)NC3CCCCC3)cc2c1. The van der Waals surface area contributed by atoms with E-state index < -0.39 is 0 Å². The zero-order chi connectivity index (χ0) is 19.2. The van der Waals surface area contributed by atoms with Crippen molar-refractivity contribution in [1.82, 2.24) is 15.2 Å². The molecule has 5 nitrogen and oxygen atoms in total. The van der Waals surface area contributed by atoms with Gasteiger partial charge >= 0.3 is 0 Å². The van der Waals surface area contributed by atoms with Gasteiger partial charge in [0.25, 0.3) is 5.56 Å². The van der Waals surface area contributed by atoms with E-state index in [1.54, 1.807) is 0 Å². The summed E-state index contributed by atoms with van der Waals surface area (Å²) in [6.07, 6.45) is 6.68. The predicted molar refractivity (Wildman–Crippen MR) is 114 cm³/mol. The van der Waals surface area contributed by atoms with Crippen molar-refractivity contribution in [3.05, 3.63) is 45.7 Å². The second-order valence-electron chi connectivity index (χ2n) is 7.50. The lowest BCUT2D eigenvalue weighted by atomic mass is 9.96. The van der Waals surface area contributed by atoms with Gasteiger partial charge in [-0.3, -0.25) is 4.79 Å². The van der Waals surface area contributed by atoms with Crippen LogP contribution in [0, 0.1) is 6.92 Å². The molecule has 0 radical (unpaired) electrons. The molecule has 0 saturated heterocycles. The van der Waals surface area contributed by atoms with Crippen molar-refractivity contribution in [2.45, 2.75) is 58.0 Å². The van der Waals surface area contributed by atoms with Gasteiger partial charge in [-0.1, -0.05) is 30.9 Å². The van der Waals surface area contributed by atoms with Crippen molar-refractivity contribution >= 4 is 28.2 Å². The summed E-state index contributed by atoms with van der Waals surface area (Å²) in [6.45, 7) is 3.22. The highest BCUT2D eigenvalue weighted by molar-refractivity contribution is 7.80. The Labute approximate surface area is 165 Å². The molecule has 1 heterocycles. The van der Waals surface area contributed by atoms with E-state index in [4.69, 9.17) is 12.2 Å². The third-order valence-corrected chi connectivity index (χ3v) is 5.62. The number of aliphatic hydroxyl groups is 1. The maximum absolute atomic E-state index is 12.5. The predicted octanol–water partition coefficient (Wildman–Crippen LogP) is 3.23. The van der Waals surface area contributed by atoms with Crippen molar-refractivity contribution in [1.29, 1.82) is 0 Å². The van der Waals surface area contributed by atoms with E-state index in [-0.39, 0.29) is 12.2 Å². The molecule has 1 aromatic carbocycles. The first kappa shape index (κ1) is 19.8. The van der Waals surface area contributed by atoms with Gasteiger partial charge in [0.1, 0.15) is 0 Å². The minimum Gasteiger partial charge on any atom is -0.396 e. The zero-order valence-electron chi connectivity index (χ0n) is 16.0. The lowest BCUT2D eigenvalue weighted by Crippen LogP contribution is -2.46. The van der Waals surface area contributed by atoms with Gasteiger partial charge in [-0.2, -0.15) is 0 Å². The number of nitrogens with one attached hydrogen (secondary N) is 2. The van der Waals surface area contributed by atoms with Crippen LogP contribution in [0.3, 0.4) is 0 Å². The molecule has 0 aliphatic heterocycles. The molecule has 0 unspecified atom stereocenters. The van der Waals surface area contributed by atoms with Crippen LogP contribution in [0.15, 0.2) is 29.1 Å². The van der Waals surface area contributed by atoms with E-state index >= 15 is 0 Å². The topological polar surface area (TPSA) is 68.4 Å². The fourth-order valence-electron chi connectivity index (χ4n) is 3.72. The summed E-state index contributed by atoms with van der Waals surface area (Å²) in [5.74, 6) is 0. The fourth-order valence-corrected chi connectivity index (χ4v) is 4.04. The number of fused-ring (bicyclic) bond motifs is 1. The normalized spacial score (nSPS) is 15.0. The highest BCUT2D eigenvalue weighted by atomic mass is 32.1. The molecule has 3 rings (SSSR count). The molecule has 0 spiro atoms. The first-order chi connectivity index (χ1) is 13.1. The van der Waals surface area contributed by atoms with Crippen LogP contribution in [-0.2, 0) is 6.54 Å². The summed E-state index contributed by atoms with van der Waals surface area (Å²) in [5, 5.41) is 14.4. The van der Waals surface area contributed by atoms with Gasteiger partial charge < -0.3 is 20.3 Å². The number of nitrogens with zero attached hydrogens (tertiary/aromatic N) is 1. The second-order valence-corrected chi connectivity index (χ2v) is 7.88. The molecular formula is C21H29N3O2S. The Balaban J connectivity index is 1.78. The molecule has 3 N–H and O–H groups in total. The van der Waals surface area contributed by atoms with Gasteiger partial charge in [0, 0.05) is 30.3 Å². The highest BCUT2D eigenvalue weighted by Crippen LogP contribution is 2.18. The van der Waals surface area contributed by atoms with Gasteiger partial charge in [-0.05, 0) is 62.0 Å². The molecule has 0 bridgehead atoms. The molecule has 146 valence electrons. The van der Waals surface area contributed by atoms with E-state index in [2.05, 4.69) is 16.4 Å². The average molecular weight is 388 g/mol. The molecule has 1 aliphatic rings. The number of aromatic nitrogens is 1. The van der Waals surface area contributed by atoms with Crippen molar-refractivity contribution in [2.24, 2.45) is 0 Å². The van der Waals surface area contributed by atoms with Crippen LogP contribution < -0.4 is 10.9 Å². The van der Waals surface area contributed by atoms with Gasteiger partial charge in [0.05, 0.1) is 6.54 Å². The number of aromatic amines is 1. The summed E-state index contributed by atoms with van der Waals surface area (Å²) < 4.78 is 0. The maximum atomic E-state index is 12.5. The number of rotatable bonds is 6. The molecule has 0 atom stereocenters. The molecule has 1 aliphatic carbocycles. The molecule has 27 heavy (non-hydrogen) atoms. The number of benzene rings is 1. The van der Waals surface area contributed by atoms with Crippen molar-refractivity contribution in [3.8, 4) is 0 Å². The number of hydrogen-bond acceptors (Lipinski definition) is 3. The van der Waals surface area contributed by atoms with Crippen LogP contribution in [0.2, 0.25) is 0 Å². The molecule has 0 amide bonds.